The van der Waals surface area contributed by atoms with Gasteiger partial charge in [0.1, 0.15) is 0 Å². The average molecular weight is 309 g/mol. The maximum absolute atomic E-state index is 11.9. The highest BCUT2D eigenvalue weighted by atomic mass is 35.5. The number of carbonyl (C=O) groups is 1. The summed E-state index contributed by atoms with van der Waals surface area (Å²) >= 11 is 12.3. The molecular weight excluding hydrogens is 295 g/mol. The molecule has 20 heavy (non-hydrogen) atoms. The van der Waals surface area contributed by atoms with Gasteiger partial charge < -0.3 is 4.74 Å². The van der Waals surface area contributed by atoms with Crippen molar-refractivity contribution in [2.45, 2.75) is 10.4 Å². The predicted octanol–water partition coefficient (Wildman–Crippen LogP) is 4.11. The minimum atomic E-state index is -1.03. The Morgan fingerprint density at radius 1 is 1.35 bits per heavy atom. The molecular formula is C16H14Cl2O2. The van der Waals surface area contributed by atoms with E-state index in [2.05, 4.69) is 0 Å². The molecule has 0 N–H and O–H groups in total. The molecule has 0 saturated heterocycles. The van der Waals surface area contributed by atoms with Gasteiger partial charge >= 0.3 is 0 Å². The highest BCUT2D eigenvalue weighted by Gasteiger charge is 2.33. The molecule has 2 atom stereocenters. The van der Waals surface area contributed by atoms with Crippen LogP contribution in [0.25, 0.3) is 0 Å². The molecule has 0 fully saturated rings. The van der Waals surface area contributed by atoms with Crippen LogP contribution in [0.2, 0.25) is 0 Å². The van der Waals surface area contributed by atoms with E-state index in [4.69, 9.17) is 27.9 Å². The summed E-state index contributed by atoms with van der Waals surface area (Å²) in [5.74, 6) is -0.0551. The number of halogens is 2. The number of allylic oxidation sites excluding steroid dienone is 4. The summed E-state index contributed by atoms with van der Waals surface area (Å²) in [5, 5.41) is -1.52. The summed E-state index contributed by atoms with van der Waals surface area (Å²) in [6, 6.07) is 9.08. The van der Waals surface area contributed by atoms with Gasteiger partial charge in [0.2, 0.25) is 0 Å². The van der Waals surface area contributed by atoms with Gasteiger partial charge in [-0.25, -0.2) is 0 Å². The summed E-state index contributed by atoms with van der Waals surface area (Å²) in [6.07, 6.45) is 8.45. The second-order valence-corrected chi connectivity index (χ2v) is 5.43. The van der Waals surface area contributed by atoms with Gasteiger partial charge in [-0.3, -0.25) is 4.79 Å². The van der Waals surface area contributed by atoms with Crippen LogP contribution >= 0.6 is 23.2 Å². The quantitative estimate of drug-likeness (QED) is 0.475. The van der Waals surface area contributed by atoms with Crippen molar-refractivity contribution in [2.24, 2.45) is 0 Å². The molecule has 0 heterocycles. The Hall–Kier alpha value is -1.35. The number of ketones is 1. The molecule has 0 saturated carbocycles. The van der Waals surface area contributed by atoms with E-state index in [0.29, 0.717) is 5.56 Å². The van der Waals surface area contributed by atoms with E-state index < -0.39 is 10.4 Å². The van der Waals surface area contributed by atoms with Crippen LogP contribution in [0.3, 0.4) is 0 Å². The molecule has 1 aliphatic rings. The lowest BCUT2D eigenvalue weighted by Crippen LogP contribution is -2.33. The van der Waals surface area contributed by atoms with Gasteiger partial charge in [-0.2, -0.15) is 0 Å². The van der Waals surface area contributed by atoms with Crippen molar-refractivity contribution >= 4 is 29.0 Å². The van der Waals surface area contributed by atoms with Crippen molar-refractivity contribution in [3.8, 4) is 0 Å². The van der Waals surface area contributed by atoms with Crippen LogP contribution in [-0.4, -0.2) is 23.3 Å². The second kappa shape index (κ2) is 6.40. The van der Waals surface area contributed by atoms with Crippen molar-refractivity contribution in [1.29, 1.82) is 0 Å². The van der Waals surface area contributed by atoms with E-state index in [1.54, 1.807) is 36.4 Å². The first-order valence-corrected chi connectivity index (χ1v) is 6.93. The molecule has 2 unspecified atom stereocenters. The third-order valence-corrected chi connectivity index (χ3v) is 4.09. The van der Waals surface area contributed by atoms with E-state index in [-0.39, 0.29) is 5.78 Å². The van der Waals surface area contributed by atoms with E-state index >= 15 is 0 Å². The number of hydrogen-bond acceptors (Lipinski definition) is 2. The van der Waals surface area contributed by atoms with Gasteiger partial charge in [0.05, 0.1) is 5.38 Å². The number of ether oxygens (including phenoxy) is 1. The zero-order valence-electron chi connectivity index (χ0n) is 10.9. The van der Waals surface area contributed by atoms with Gasteiger partial charge in [0.25, 0.3) is 0 Å². The minimum absolute atomic E-state index is 0.0551. The summed E-state index contributed by atoms with van der Waals surface area (Å²) in [4.78, 5) is 11.9. The van der Waals surface area contributed by atoms with Crippen LogP contribution in [0.5, 0.6) is 0 Å². The first-order valence-electron chi connectivity index (χ1n) is 6.12. The van der Waals surface area contributed by atoms with Gasteiger partial charge in [-0.15, -0.1) is 11.6 Å². The Morgan fingerprint density at radius 2 is 2.05 bits per heavy atom. The number of methoxy groups -OCH3 is 1. The number of hydrogen-bond donors (Lipinski definition) is 0. The van der Waals surface area contributed by atoms with Crippen LogP contribution < -0.4 is 0 Å². The Bertz CT molecular complexity index is 575. The molecule has 104 valence electrons. The molecule has 0 spiro atoms. The van der Waals surface area contributed by atoms with Crippen molar-refractivity contribution in [1.82, 2.24) is 0 Å². The maximum atomic E-state index is 11.9. The molecule has 1 aliphatic carbocycles. The molecule has 0 amide bonds. The third-order valence-electron chi connectivity index (χ3n) is 3.02. The topological polar surface area (TPSA) is 26.3 Å². The summed E-state index contributed by atoms with van der Waals surface area (Å²) < 4.78 is 5.15. The zero-order chi connectivity index (χ0) is 14.6. The summed E-state index contributed by atoms with van der Waals surface area (Å²) in [6.45, 7) is 0. The highest BCUT2D eigenvalue weighted by Crippen LogP contribution is 2.33. The minimum Gasteiger partial charge on any atom is -0.357 e. The highest BCUT2D eigenvalue weighted by molar-refractivity contribution is 6.33. The Morgan fingerprint density at radius 3 is 2.65 bits per heavy atom. The largest absolute Gasteiger partial charge is 0.357 e. The molecule has 0 bridgehead atoms. The van der Waals surface area contributed by atoms with Crippen molar-refractivity contribution < 1.29 is 9.53 Å². The number of benzene rings is 1. The molecule has 0 radical (unpaired) electrons. The molecule has 1 aromatic carbocycles. The predicted molar refractivity (Wildman–Crippen MR) is 82.4 cm³/mol. The van der Waals surface area contributed by atoms with Gasteiger partial charge in [-0.05, 0) is 17.7 Å². The van der Waals surface area contributed by atoms with Crippen LogP contribution in [0.4, 0.5) is 0 Å². The summed E-state index contributed by atoms with van der Waals surface area (Å²) in [7, 11) is 1.50. The monoisotopic (exact) mass is 308 g/mol. The maximum Gasteiger partial charge on any atom is 0.185 e. The van der Waals surface area contributed by atoms with E-state index in [1.807, 2.05) is 18.2 Å². The molecule has 1 aromatic rings. The Labute approximate surface area is 128 Å². The fourth-order valence-electron chi connectivity index (χ4n) is 1.80. The number of rotatable bonds is 4. The smallest absolute Gasteiger partial charge is 0.185 e. The zero-order valence-corrected chi connectivity index (χ0v) is 12.4. The molecule has 4 heteroatoms. The summed E-state index contributed by atoms with van der Waals surface area (Å²) in [5.41, 5.74) is 1.47. The fraction of sp³-hybridized carbons (Fsp3) is 0.188. The molecule has 2 rings (SSSR count). The second-order valence-electron chi connectivity index (χ2n) is 4.37. The standard InChI is InChI=1S/C16H14Cl2O2/c1-20-16(18)10-9-12(11-15(16)17)7-8-14(19)13-5-3-2-4-6-13/h2-11,15H,1H3/b8-7+. The molecule has 2 nitrogen and oxygen atoms in total. The molecule has 0 aromatic heterocycles. The van der Waals surface area contributed by atoms with Crippen molar-refractivity contribution in [3.05, 3.63) is 71.8 Å². The number of carbonyl (C=O) groups excluding carboxylic acids is 1. The van der Waals surface area contributed by atoms with E-state index in [1.165, 1.54) is 13.2 Å². The number of alkyl halides is 2. The Balaban J connectivity index is 2.09. The van der Waals surface area contributed by atoms with Crippen LogP contribution in [-0.2, 0) is 4.74 Å². The van der Waals surface area contributed by atoms with Crippen LogP contribution in [0.15, 0.2) is 66.3 Å². The SMILES string of the molecule is COC1(Cl)C=CC(/C=C/C(=O)c2ccccc2)=CC1Cl. The molecule has 0 aliphatic heterocycles. The van der Waals surface area contributed by atoms with E-state index in [0.717, 1.165) is 5.57 Å². The normalized spacial score (nSPS) is 25.8. The van der Waals surface area contributed by atoms with Crippen LogP contribution in [0.1, 0.15) is 10.4 Å². The first-order chi connectivity index (χ1) is 9.55. The van der Waals surface area contributed by atoms with Gasteiger partial charge in [-0.1, -0.05) is 60.2 Å². The lowest BCUT2D eigenvalue weighted by atomic mass is 10.0. The van der Waals surface area contributed by atoms with Crippen molar-refractivity contribution in [3.63, 3.8) is 0 Å². The Kier molecular flexibility index (Phi) is 4.81. The lowest BCUT2D eigenvalue weighted by molar-refractivity contribution is 0.104. The van der Waals surface area contributed by atoms with Crippen LogP contribution in [0, 0.1) is 0 Å². The lowest BCUT2D eigenvalue weighted by Gasteiger charge is -2.28. The van der Waals surface area contributed by atoms with Gasteiger partial charge in [0, 0.05) is 12.7 Å². The first kappa shape index (κ1) is 15.0. The third kappa shape index (κ3) is 3.40. The fourth-order valence-corrected chi connectivity index (χ4v) is 2.24. The van der Waals surface area contributed by atoms with Crippen molar-refractivity contribution in [2.75, 3.05) is 7.11 Å². The van der Waals surface area contributed by atoms with Gasteiger partial charge in [0.15, 0.2) is 10.8 Å². The van der Waals surface area contributed by atoms with E-state index in [9.17, 15) is 4.79 Å². The average Bonchev–Trinajstić information content (AvgIpc) is 2.49.